The van der Waals surface area contributed by atoms with Crippen molar-refractivity contribution in [2.75, 3.05) is 39.6 Å². The van der Waals surface area contributed by atoms with Gasteiger partial charge in [0.25, 0.3) is 0 Å². The highest BCUT2D eigenvalue weighted by atomic mass is 16.6. The molecule has 0 radical (unpaired) electrons. The molecular weight excluding hydrogens is 432 g/mol. The van der Waals surface area contributed by atoms with Gasteiger partial charge in [0.2, 0.25) is 0 Å². The van der Waals surface area contributed by atoms with Crippen molar-refractivity contribution in [1.82, 2.24) is 0 Å². The Balaban J connectivity index is 0. The van der Waals surface area contributed by atoms with Crippen LogP contribution in [0.25, 0.3) is 0 Å². The largest absolute Gasteiger partial charge is 0.465 e. The summed E-state index contributed by atoms with van der Waals surface area (Å²) >= 11 is 0. The van der Waals surface area contributed by atoms with Crippen LogP contribution in [0.5, 0.6) is 0 Å². The summed E-state index contributed by atoms with van der Waals surface area (Å²) < 4.78 is 26.6. The third kappa shape index (κ3) is 12.4. The van der Waals surface area contributed by atoms with Crippen LogP contribution in [0, 0.1) is 10.8 Å². The molecule has 0 N–H and O–H groups in total. The molecule has 9 heteroatoms. The van der Waals surface area contributed by atoms with Crippen LogP contribution < -0.4 is 0 Å². The van der Waals surface area contributed by atoms with Gasteiger partial charge in [-0.2, -0.15) is 0 Å². The van der Waals surface area contributed by atoms with Gasteiger partial charge in [0.1, 0.15) is 26.4 Å². The zero-order valence-electron chi connectivity index (χ0n) is 19.5. The van der Waals surface area contributed by atoms with E-state index < -0.39 is 34.7 Å². The van der Waals surface area contributed by atoms with Gasteiger partial charge in [-0.3, -0.25) is 4.79 Å². The van der Waals surface area contributed by atoms with E-state index in [1.54, 1.807) is 6.92 Å². The summed E-state index contributed by atoms with van der Waals surface area (Å²) in [6.07, 6.45) is 4.98. The molecule has 0 aromatic heterocycles. The van der Waals surface area contributed by atoms with Crippen molar-refractivity contribution >= 4 is 23.9 Å². The van der Waals surface area contributed by atoms with Crippen molar-refractivity contribution in [3.63, 3.8) is 0 Å². The lowest BCUT2D eigenvalue weighted by atomic mass is 9.87. The Morgan fingerprint density at radius 1 is 0.727 bits per heavy atom. The van der Waals surface area contributed by atoms with Gasteiger partial charge in [-0.25, -0.2) is 14.4 Å². The Labute approximate surface area is 196 Å². The van der Waals surface area contributed by atoms with Crippen LogP contribution in [0.15, 0.2) is 50.6 Å². The molecule has 33 heavy (non-hydrogen) atoms. The van der Waals surface area contributed by atoms with E-state index in [-0.39, 0.29) is 47.5 Å². The van der Waals surface area contributed by atoms with Gasteiger partial charge < -0.3 is 23.7 Å². The normalized spacial score (nSPS) is 12.4. The Hall–Kier alpha value is -3.20. The third-order valence-electron chi connectivity index (χ3n) is 4.61. The molecule has 0 aliphatic heterocycles. The van der Waals surface area contributed by atoms with Gasteiger partial charge >= 0.3 is 23.9 Å². The molecule has 0 amide bonds. The Morgan fingerprint density at radius 2 is 1.18 bits per heavy atom. The first-order valence-electron chi connectivity index (χ1n) is 10.3. The maximum Gasteiger partial charge on any atom is 0.330 e. The maximum atomic E-state index is 11.8. The fourth-order valence-electron chi connectivity index (χ4n) is 2.37. The fraction of sp³-hybridized carbons (Fsp3) is 0.500. The van der Waals surface area contributed by atoms with Crippen LogP contribution in [-0.2, 0) is 42.9 Å². The molecule has 0 aromatic carbocycles. The summed E-state index contributed by atoms with van der Waals surface area (Å²) in [5.41, 5.74) is -1.74. The minimum Gasteiger partial charge on any atom is -0.465 e. The second kappa shape index (κ2) is 15.6. The van der Waals surface area contributed by atoms with E-state index in [9.17, 15) is 19.2 Å². The summed E-state index contributed by atoms with van der Waals surface area (Å²) in [7, 11) is 0. The van der Waals surface area contributed by atoms with E-state index in [4.69, 9.17) is 23.7 Å². The van der Waals surface area contributed by atoms with Crippen molar-refractivity contribution in [3.05, 3.63) is 50.6 Å². The topological polar surface area (TPSA) is 114 Å². The summed E-state index contributed by atoms with van der Waals surface area (Å²) in [6, 6.07) is 0. The van der Waals surface area contributed by atoms with Crippen molar-refractivity contribution in [1.29, 1.82) is 0 Å². The predicted molar refractivity (Wildman–Crippen MR) is 123 cm³/mol. The molecule has 0 spiro atoms. The number of hydrogen-bond acceptors (Lipinski definition) is 9. The Kier molecular flexibility index (Phi) is 14.1. The molecule has 0 saturated carbocycles. The molecule has 186 valence electrons. The lowest BCUT2D eigenvalue weighted by molar-refractivity contribution is -0.158. The molecule has 0 rings (SSSR count). The number of esters is 4. The smallest absolute Gasteiger partial charge is 0.330 e. The summed E-state index contributed by atoms with van der Waals surface area (Å²) in [5, 5.41) is 0. The quantitative estimate of drug-likeness (QED) is 0.130. The molecule has 0 aliphatic rings. The van der Waals surface area contributed by atoms with Crippen LogP contribution in [-0.4, -0.2) is 63.5 Å². The molecule has 1 atom stereocenters. The van der Waals surface area contributed by atoms with Gasteiger partial charge in [-0.15, -0.1) is 6.58 Å². The van der Waals surface area contributed by atoms with Crippen molar-refractivity contribution < 1.29 is 44.3 Å². The highest BCUT2D eigenvalue weighted by Crippen LogP contribution is 2.27. The molecule has 1 unspecified atom stereocenters. The van der Waals surface area contributed by atoms with E-state index >= 15 is 0 Å². The SMILES string of the molecule is C=CCC(=O)OCC(CC)(COCC(C)(COC(=O)C=C)COC(=O)C=C)COC(=O)C=C.[HH]. The molecule has 0 fully saturated rings. The van der Waals surface area contributed by atoms with E-state index in [0.29, 0.717) is 6.42 Å². The van der Waals surface area contributed by atoms with Crippen molar-refractivity contribution in [2.45, 2.75) is 26.7 Å². The number of ether oxygens (including phenoxy) is 5. The summed E-state index contributed by atoms with van der Waals surface area (Å²) in [6.45, 7) is 16.8. The van der Waals surface area contributed by atoms with Crippen molar-refractivity contribution in [2.24, 2.45) is 10.8 Å². The van der Waals surface area contributed by atoms with Gasteiger partial charge in [0, 0.05) is 19.7 Å². The minimum absolute atomic E-state index is 0. The zero-order chi connectivity index (χ0) is 25.3. The van der Waals surface area contributed by atoms with Crippen LogP contribution >= 0.6 is 0 Å². The Morgan fingerprint density at radius 3 is 1.61 bits per heavy atom. The zero-order valence-corrected chi connectivity index (χ0v) is 19.5. The standard InChI is InChI=1S/C24H34O9.H2/c1-7-12-22(28)33-18-24(11-5,17-32-21(27)10-4)16-29-13-23(6,14-30-19(25)8-2)15-31-20(26)9-3;/h7-10H,1-4,11-18H2,5-6H3;1H. The second-order valence-electron chi connectivity index (χ2n) is 7.75. The molecule has 0 heterocycles. The molecular formula is C24H36O9. The van der Waals surface area contributed by atoms with Crippen LogP contribution in [0.3, 0.4) is 0 Å². The summed E-state index contributed by atoms with van der Waals surface area (Å²) in [4.78, 5) is 46.4. The van der Waals surface area contributed by atoms with Gasteiger partial charge in [0.15, 0.2) is 0 Å². The number of rotatable bonds is 18. The highest BCUT2D eigenvalue weighted by Gasteiger charge is 2.35. The lowest BCUT2D eigenvalue weighted by Crippen LogP contribution is -2.41. The van der Waals surface area contributed by atoms with E-state index in [2.05, 4.69) is 26.3 Å². The van der Waals surface area contributed by atoms with Gasteiger partial charge in [0.05, 0.1) is 30.5 Å². The number of hydrogen-bond donors (Lipinski definition) is 0. The average Bonchev–Trinajstić information content (AvgIpc) is 2.82. The van der Waals surface area contributed by atoms with E-state index in [0.717, 1.165) is 18.2 Å². The molecule has 0 bridgehead atoms. The molecule has 0 saturated heterocycles. The number of carbonyl (C=O) groups excluding carboxylic acids is 4. The van der Waals surface area contributed by atoms with Crippen LogP contribution in [0.4, 0.5) is 0 Å². The first-order chi connectivity index (χ1) is 15.6. The molecule has 0 aliphatic carbocycles. The molecule has 9 nitrogen and oxygen atoms in total. The lowest BCUT2D eigenvalue weighted by Gasteiger charge is -2.34. The van der Waals surface area contributed by atoms with Gasteiger partial charge in [-0.05, 0) is 6.42 Å². The summed E-state index contributed by atoms with van der Waals surface area (Å²) in [5.74, 6) is -2.37. The van der Waals surface area contributed by atoms with Crippen molar-refractivity contribution in [3.8, 4) is 0 Å². The Bertz CT molecular complexity index is 708. The third-order valence-corrected chi connectivity index (χ3v) is 4.61. The predicted octanol–water partition coefficient (Wildman–Crippen LogP) is 2.96. The minimum atomic E-state index is -0.895. The number of carbonyl (C=O) groups is 4. The van der Waals surface area contributed by atoms with E-state index in [1.807, 2.05) is 6.92 Å². The average molecular weight is 469 g/mol. The van der Waals surface area contributed by atoms with Crippen LogP contribution in [0.2, 0.25) is 0 Å². The molecule has 0 aromatic rings. The highest BCUT2D eigenvalue weighted by molar-refractivity contribution is 5.82. The van der Waals surface area contributed by atoms with Gasteiger partial charge in [-0.1, -0.05) is 39.7 Å². The maximum absolute atomic E-state index is 11.8. The first kappa shape index (κ1) is 29.8. The first-order valence-corrected chi connectivity index (χ1v) is 10.3. The monoisotopic (exact) mass is 468 g/mol. The fourth-order valence-corrected chi connectivity index (χ4v) is 2.37. The van der Waals surface area contributed by atoms with Crippen LogP contribution in [0.1, 0.15) is 28.1 Å². The second-order valence-corrected chi connectivity index (χ2v) is 7.75. The van der Waals surface area contributed by atoms with E-state index in [1.165, 1.54) is 6.08 Å².